The van der Waals surface area contributed by atoms with Crippen LogP contribution in [0.2, 0.25) is 0 Å². The molecule has 0 atom stereocenters. The van der Waals surface area contributed by atoms with E-state index in [1.807, 2.05) is 30.3 Å². The Kier molecular flexibility index (Phi) is 5.75. The molecule has 0 amide bonds. The SMILES string of the molecule is CC(=O)C1CCC(c2ccc(OCCc3ccccc3O)cc2)CC1. The number of carbonyl (C=O) groups excluding carboxylic acids is 1. The van der Waals surface area contributed by atoms with Crippen LogP contribution >= 0.6 is 0 Å². The lowest BCUT2D eigenvalue weighted by Gasteiger charge is -2.27. The first kappa shape index (κ1) is 17.5. The van der Waals surface area contributed by atoms with Gasteiger partial charge in [0.05, 0.1) is 6.61 Å². The van der Waals surface area contributed by atoms with Gasteiger partial charge in [0, 0.05) is 12.3 Å². The molecule has 2 aromatic carbocycles. The number of Topliss-reactive ketones (excluding diaryl/α,β-unsaturated/α-hetero) is 1. The summed E-state index contributed by atoms with van der Waals surface area (Å²) in [6.45, 7) is 2.26. The number of rotatable bonds is 6. The quantitative estimate of drug-likeness (QED) is 0.817. The van der Waals surface area contributed by atoms with Gasteiger partial charge in [-0.3, -0.25) is 4.79 Å². The fourth-order valence-electron chi connectivity index (χ4n) is 3.67. The molecule has 2 aromatic rings. The first-order valence-corrected chi connectivity index (χ1v) is 9.13. The molecule has 0 bridgehead atoms. The van der Waals surface area contributed by atoms with Gasteiger partial charge in [0.15, 0.2) is 0 Å². The molecule has 3 rings (SSSR count). The molecular formula is C22H26O3. The second kappa shape index (κ2) is 8.19. The molecule has 1 fully saturated rings. The maximum atomic E-state index is 11.5. The molecule has 0 saturated heterocycles. The summed E-state index contributed by atoms with van der Waals surface area (Å²) >= 11 is 0. The third kappa shape index (κ3) is 4.62. The van der Waals surface area contributed by atoms with Gasteiger partial charge in [0.1, 0.15) is 17.3 Å². The van der Waals surface area contributed by atoms with E-state index >= 15 is 0 Å². The lowest BCUT2D eigenvalue weighted by molar-refractivity contribution is -0.121. The van der Waals surface area contributed by atoms with Crippen molar-refractivity contribution in [2.75, 3.05) is 6.61 Å². The highest BCUT2D eigenvalue weighted by Crippen LogP contribution is 2.36. The van der Waals surface area contributed by atoms with E-state index in [1.165, 1.54) is 5.56 Å². The third-order valence-electron chi connectivity index (χ3n) is 5.29. The van der Waals surface area contributed by atoms with Gasteiger partial charge >= 0.3 is 0 Å². The summed E-state index contributed by atoms with van der Waals surface area (Å²) in [6.07, 6.45) is 4.90. The number of ketones is 1. The van der Waals surface area contributed by atoms with E-state index in [1.54, 1.807) is 13.0 Å². The number of para-hydroxylation sites is 1. The van der Waals surface area contributed by atoms with Crippen molar-refractivity contribution in [3.63, 3.8) is 0 Å². The van der Waals surface area contributed by atoms with Crippen LogP contribution in [0.15, 0.2) is 48.5 Å². The van der Waals surface area contributed by atoms with Gasteiger partial charge in [0.2, 0.25) is 0 Å². The molecule has 1 aliphatic carbocycles. The largest absolute Gasteiger partial charge is 0.508 e. The minimum absolute atomic E-state index is 0.272. The topological polar surface area (TPSA) is 46.5 Å². The van der Waals surface area contributed by atoms with Crippen molar-refractivity contribution in [1.29, 1.82) is 0 Å². The zero-order chi connectivity index (χ0) is 17.6. The summed E-state index contributed by atoms with van der Waals surface area (Å²) in [6, 6.07) is 15.7. The molecule has 0 spiro atoms. The standard InChI is InChI=1S/C22H26O3/c1-16(23)17-6-8-18(9-7-17)19-10-12-21(13-11-19)25-15-14-20-4-2-3-5-22(20)24/h2-5,10-13,17-18,24H,6-9,14-15H2,1H3. The molecular weight excluding hydrogens is 312 g/mol. The van der Waals surface area contributed by atoms with E-state index in [2.05, 4.69) is 12.1 Å². The van der Waals surface area contributed by atoms with E-state index < -0.39 is 0 Å². The van der Waals surface area contributed by atoms with Crippen LogP contribution in [0.25, 0.3) is 0 Å². The van der Waals surface area contributed by atoms with Crippen LogP contribution in [-0.2, 0) is 11.2 Å². The molecule has 0 aromatic heterocycles. The monoisotopic (exact) mass is 338 g/mol. The average Bonchev–Trinajstić information content (AvgIpc) is 2.64. The molecule has 0 unspecified atom stereocenters. The van der Waals surface area contributed by atoms with E-state index in [0.29, 0.717) is 30.5 Å². The zero-order valence-electron chi connectivity index (χ0n) is 14.8. The van der Waals surface area contributed by atoms with Crippen molar-refractivity contribution in [1.82, 2.24) is 0 Å². The van der Waals surface area contributed by atoms with E-state index in [-0.39, 0.29) is 5.92 Å². The summed E-state index contributed by atoms with van der Waals surface area (Å²) < 4.78 is 5.80. The van der Waals surface area contributed by atoms with E-state index in [0.717, 1.165) is 37.0 Å². The van der Waals surface area contributed by atoms with E-state index in [4.69, 9.17) is 4.74 Å². The molecule has 1 N–H and O–H groups in total. The van der Waals surface area contributed by atoms with E-state index in [9.17, 15) is 9.90 Å². The Balaban J connectivity index is 1.49. The lowest BCUT2D eigenvalue weighted by Crippen LogP contribution is -2.18. The van der Waals surface area contributed by atoms with Gasteiger partial charge in [0.25, 0.3) is 0 Å². The number of phenols is 1. The van der Waals surface area contributed by atoms with Crippen molar-refractivity contribution in [3.05, 3.63) is 59.7 Å². The fourth-order valence-corrected chi connectivity index (χ4v) is 3.67. The highest BCUT2D eigenvalue weighted by atomic mass is 16.5. The Hall–Kier alpha value is -2.29. The fraction of sp³-hybridized carbons (Fsp3) is 0.409. The molecule has 25 heavy (non-hydrogen) atoms. The summed E-state index contributed by atoms with van der Waals surface area (Å²) in [5, 5.41) is 9.76. The molecule has 0 radical (unpaired) electrons. The second-order valence-corrected chi connectivity index (χ2v) is 6.96. The minimum Gasteiger partial charge on any atom is -0.508 e. The highest BCUT2D eigenvalue weighted by molar-refractivity contribution is 5.78. The van der Waals surface area contributed by atoms with Crippen molar-refractivity contribution in [2.24, 2.45) is 5.92 Å². The van der Waals surface area contributed by atoms with Gasteiger partial charge in [-0.05, 0) is 67.9 Å². The number of hydrogen-bond donors (Lipinski definition) is 1. The van der Waals surface area contributed by atoms with Crippen LogP contribution in [0.5, 0.6) is 11.5 Å². The van der Waals surface area contributed by atoms with Crippen LogP contribution in [0.3, 0.4) is 0 Å². The van der Waals surface area contributed by atoms with Crippen molar-refractivity contribution in [2.45, 2.75) is 44.9 Å². The number of ether oxygens (including phenoxy) is 1. The normalized spacial score (nSPS) is 20.2. The van der Waals surface area contributed by atoms with Crippen LogP contribution in [0, 0.1) is 5.92 Å². The van der Waals surface area contributed by atoms with Gasteiger partial charge in [-0.15, -0.1) is 0 Å². The third-order valence-corrected chi connectivity index (χ3v) is 5.29. The molecule has 3 heteroatoms. The molecule has 0 heterocycles. The summed E-state index contributed by atoms with van der Waals surface area (Å²) in [5.41, 5.74) is 2.25. The Labute approximate surface area is 149 Å². The molecule has 1 aliphatic rings. The number of hydrogen-bond acceptors (Lipinski definition) is 3. The molecule has 1 saturated carbocycles. The van der Waals surface area contributed by atoms with Crippen LogP contribution < -0.4 is 4.74 Å². The van der Waals surface area contributed by atoms with Crippen molar-refractivity contribution in [3.8, 4) is 11.5 Å². The Morgan fingerprint density at radius 1 is 1.04 bits per heavy atom. The van der Waals surface area contributed by atoms with Crippen molar-refractivity contribution >= 4 is 5.78 Å². The Bertz CT molecular complexity index is 697. The molecule has 3 nitrogen and oxygen atoms in total. The van der Waals surface area contributed by atoms with Gasteiger partial charge in [-0.1, -0.05) is 30.3 Å². The van der Waals surface area contributed by atoms with Crippen LogP contribution in [0.1, 0.15) is 49.7 Å². The molecule has 0 aliphatic heterocycles. The molecule has 132 valence electrons. The van der Waals surface area contributed by atoms with Gasteiger partial charge < -0.3 is 9.84 Å². The zero-order valence-corrected chi connectivity index (χ0v) is 14.8. The lowest BCUT2D eigenvalue weighted by atomic mass is 9.77. The maximum absolute atomic E-state index is 11.5. The highest BCUT2D eigenvalue weighted by Gasteiger charge is 2.24. The number of aromatic hydroxyl groups is 1. The van der Waals surface area contributed by atoms with Crippen LogP contribution in [-0.4, -0.2) is 17.5 Å². The van der Waals surface area contributed by atoms with Crippen molar-refractivity contribution < 1.29 is 14.6 Å². The minimum atomic E-state index is 0.272. The summed E-state index contributed by atoms with van der Waals surface area (Å²) in [7, 11) is 0. The number of benzene rings is 2. The number of phenolic OH excluding ortho intramolecular Hbond substituents is 1. The predicted octanol–water partition coefficient (Wildman–Crippen LogP) is 4.88. The first-order chi connectivity index (χ1) is 12.1. The maximum Gasteiger partial charge on any atom is 0.132 e. The average molecular weight is 338 g/mol. The predicted molar refractivity (Wildman–Crippen MR) is 99.1 cm³/mol. The van der Waals surface area contributed by atoms with Gasteiger partial charge in [-0.2, -0.15) is 0 Å². The van der Waals surface area contributed by atoms with Gasteiger partial charge in [-0.25, -0.2) is 0 Å². The van der Waals surface area contributed by atoms with Crippen LogP contribution in [0.4, 0.5) is 0 Å². The smallest absolute Gasteiger partial charge is 0.132 e. The first-order valence-electron chi connectivity index (χ1n) is 9.13. The number of carbonyl (C=O) groups is 1. The second-order valence-electron chi connectivity index (χ2n) is 6.96. The summed E-state index contributed by atoms with van der Waals surface area (Å²) in [4.78, 5) is 11.5. The Morgan fingerprint density at radius 2 is 1.72 bits per heavy atom. The summed E-state index contributed by atoms with van der Waals surface area (Å²) in [5.74, 6) is 2.35. The Morgan fingerprint density at radius 3 is 2.36 bits per heavy atom.